The van der Waals surface area contributed by atoms with E-state index in [1.807, 2.05) is 14.0 Å². The Balaban J connectivity index is 2.05. The fourth-order valence-corrected chi connectivity index (χ4v) is 2.16. The zero-order chi connectivity index (χ0) is 12.4. The van der Waals surface area contributed by atoms with Crippen LogP contribution in [0.5, 0.6) is 0 Å². The Morgan fingerprint density at radius 1 is 1.53 bits per heavy atom. The molecule has 1 fully saturated rings. The van der Waals surface area contributed by atoms with Crippen molar-refractivity contribution >= 4 is 5.82 Å². The van der Waals surface area contributed by atoms with Crippen molar-refractivity contribution in [1.29, 1.82) is 0 Å². The van der Waals surface area contributed by atoms with E-state index in [2.05, 4.69) is 10.00 Å². The second-order valence-electron chi connectivity index (χ2n) is 4.77. The van der Waals surface area contributed by atoms with E-state index in [9.17, 15) is 0 Å². The van der Waals surface area contributed by atoms with Crippen LogP contribution in [0.15, 0.2) is 0 Å². The summed E-state index contributed by atoms with van der Waals surface area (Å²) in [5, 5.41) is 4.36. The highest BCUT2D eigenvalue weighted by atomic mass is 16.5. The van der Waals surface area contributed by atoms with Crippen molar-refractivity contribution in [2.45, 2.75) is 32.4 Å². The largest absolute Gasteiger partial charge is 0.384 e. The van der Waals surface area contributed by atoms with E-state index in [1.165, 1.54) is 12.8 Å². The molecular weight excluding hydrogens is 216 g/mol. The van der Waals surface area contributed by atoms with Gasteiger partial charge in [-0.3, -0.25) is 9.58 Å². The Kier molecular flexibility index (Phi) is 3.69. The van der Waals surface area contributed by atoms with Crippen molar-refractivity contribution < 1.29 is 4.74 Å². The number of methoxy groups -OCH3 is 1. The highest BCUT2D eigenvalue weighted by Crippen LogP contribution is 2.29. The summed E-state index contributed by atoms with van der Waals surface area (Å²) in [6.45, 7) is 4.65. The number of ether oxygens (including phenoxy) is 1. The number of nitrogens with two attached hydrogens (primary N) is 1. The van der Waals surface area contributed by atoms with Crippen LogP contribution in [-0.4, -0.2) is 41.0 Å². The lowest BCUT2D eigenvalue weighted by atomic mass is 10.2. The highest BCUT2D eigenvalue weighted by Gasteiger charge is 2.29. The summed E-state index contributed by atoms with van der Waals surface area (Å²) in [7, 11) is 3.64. The molecule has 0 aliphatic heterocycles. The van der Waals surface area contributed by atoms with Crippen molar-refractivity contribution in [2.24, 2.45) is 7.05 Å². The predicted octanol–water partition coefficient (Wildman–Crippen LogP) is 0.922. The average Bonchev–Trinajstić information content (AvgIpc) is 3.09. The number of aryl methyl sites for hydroxylation is 2. The molecule has 0 bridgehead atoms. The second kappa shape index (κ2) is 5.06. The lowest BCUT2D eigenvalue weighted by Crippen LogP contribution is -2.29. The minimum Gasteiger partial charge on any atom is -0.384 e. The highest BCUT2D eigenvalue weighted by molar-refractivity contribution is 5.42. The van der Waals surface area contributed by atoms with Crippen LogP contribution in [0.3, 0.4) is 0 Å². The van der Waals surface area contributed by atoms with Gasteiger partial charge in [0.25, 0.3) is 0 Å². The summed E-state index contributed by atoms with van der Waals surface area (Å²) < 4.78 is 6.92. The number of nitrogens with zero attached hydrogens (tertiary/aromatic N) is 3. The lowest BCUT2D eigenvalue weighted by molar-refractivity contribution is 0.139. The molecule has 5 heteroatoms. The van der Waals surface area contributed by atoms with Gasteiger partial charge >= 0.3 is 0 Å². The van der Waals surface area contributed by atoms with Gasteiger partial charge in [-0.05, 0) is 19.8 Å². The molecule has 1 aromatic rings. The maximum absolute atomic E-state index is 6.04. The quantitative estimate of drug-likeness (QED) is 0.800. The van der Waals surface area contributed by atoms with E-state index in [4.69, 9.17) is 10.5 Å². The summed E-state index contributed by atoms with van der Waals surface area (Å²) >= 11 is 0. The number of anilines is 1. The SMILES string of the molecule is COCCN(Cc1c(C)nn(C)c1N)C1CC1. The van der Waals surface area contributed by atoms with Crippen LogP contribution in [0.4, 0.5) is 5.82 Å². The van der Waals surface area contributed by atoms with Crippen molar-refractivity contribution in [3.05, 3.63) is 11.3 Å². The van der Waals surface area contributed by atoms with Gasteiger partial charge in [-0.15, -0.1) is 0 Å². The number of aromatic nitrogens is 2. The van der Waals surface area contributed by atoms with Gasteiger partial charge in [0.05, 0.1) is 12.3 Å². The normalized spacial score (nSPS) is 15.8. The van der Waals surface area contributed by atoms with Crippen LogP contribution < -0.4 is 5.73 Å². The Bertz CT molecular complexity index is 384. The molecule has 1 heterocycles. The van der Waals surface area contributed by atoms with Crippen molar-refractivity contribution in [2.75, 3.05) is 26.0 Å². The van der Waals surface area contributed by atoms with Gasteiger partial charge in [0, 0.05) is 38.9 Å². The summed E-state index contributed by atoms with van der Waals surface area (Å²) in [4.78, 5) is 2.45. The van der Waals surface area contributed by atoms with Gasteiger partial charge in [-0.1, -0.05) is 0 Å². The third-order valence-electron chi connectivity index (χ3n) is 3.40. The zero-order valence-corrected chi connectivity index (χ0v) is 10.9. The molecule has 2 rings (SSSR count). The van der Waals surface area contributed by atoms with Gasteiger partial charge in [0.15, 0.2) is 0 Å². The van der Waals surface area contributed by atoms with E-state index < -0.39 is 0 Å². The molecule has 0 atom stereocenters. The Morgan fingerprint density at radius 3 is 2.71 bits per heavy atom. The van der Waals surface area contributed by atoms with Crippen molar-refractivity contribution in [1.82, 2.24) is 14.7 Å². The molecular formula is C12H22N4O. The molecule has 96 valence electrons. The first-order valence-corrected chi connectivity index (χ1v) is 6.14. The van der Waals surface area contributed by atoms with Crippen molar-refractivity contribution in [3.63, 3.8) is 0 Å². The smallest absolute Gasteiger partial charge is 0.126 e. The Labute approximate surface area is 103 Å². The molecule has 1 aromatic heterocycles. The summed E-state index contributed by atoms with van der Waals surface area (Å²) in [6.07, 6.45) is 2.59. The van der Waals surface area contributed by atoms with Gasteiger partial charge in [-0.2, -0.15) is 5.10 Å². The number of rotatable bonds is 6. The van der Waals surface area contributed by atoms with E-state index in [0.717, 1.165) is 36.8 Å². The van der Waals surface area contributed by atoms with Gasteiger partial charge in [0.1, 0.15) is 5.82 Å². The molecule has 1 saturated carbocycles. The molecule has 2 N–H and O–H groups in total. The van der Waals surface area contributed by atoms with Crippen LogP contribution in [0.25, 0.3) is 0 Å². The van der Waals surface area contributed by atoms with Crippen molar-refractivity contribution in [3.8, 4) is 0 Å². The molecule has 0 spiro atoms. The molecule has 5 nitrogen and oxygen atoms in total. The van der Waals surface area contributed by atoms with Crippen LogP contribution in [0.1, 0.15) is 24.1 Å². The minimum absolute atomic E-state index is 0.712. The third-order valence-corrected chi connectivity index (χ3v) is 3.40. The van der Waals surface area contributed by atoms with Crippen LogP contribution >= 0.6 is 0 Å². The standard InChI is InChI=1S/C12H22N4O/c1-9-11(12(13)15(2)14-9)8-16(6-7-17-3)10-4-5-10/h10H,4-8,13H2,1-3H3. The van der Waals surface area contributed by atoms with E-state index in [0.29, 0.717) is 6.04 Å². The molecule has 17 heavy (non-hydrogen) atoms. The van der Waals surface area contributed by atoms with Gasteiger partial charge in [-0.25, -0.2) is 0 Å². The summed E-state index contributed by atoms with van der Waals surface area (Å²) in [6, 6.07) is 0.712. The van der Waals surface area contributed by atoms with E-state index >= 15 is 0 Å². The Hall–Kier alpha value is -1.07. The van der Waals surface area contributed by atoms with Gasteiger partial charge in [0.2, 0.25) is 0 Å². The summed E-state index contributed by atoms with van der Waals surface area (Å²) in [5.41, 5.74) is 8.24. The number of hydrogen-bond donors (Lipinski definition) is 1. The third kappa shape index (κ3) is 2.79. The second-order valence-corrected chi connectivity index (χ2v) is 4.77. The molecule has 0 amide bonds. The molecule has 0 aromatic carbocycles. The number of hydrogen-bond acceptors (Lipinski definition) is 4. The monoisotopic (exact) mass is 238 g/mol. The first-order valence-electron chi connectivity index (χ1n) is 6.14. The lowest BCUT2D eigenvalue weighted by Gasteiger charge is -2.21. The first kappa shape index (κ1) is 12.4. The predicted molar refractivity (Wildman–Crippen MR) is 67.7 cm³/mol. The van der Waals surface area contributed by atoms with Crippen LogP contribution in [-0.2, 0) is 18.3 Å². The maximum atomic E-state index is 6.04. The van der Waals surface area contributed by atoms with Crippen LogP contribution in [0.2, 0.25) is 0 Å². The summed E-state index contributed by atoms with van der Waals surface area (Å²) in [5.74, 6) is 0.783. The first-order chi connectivity index (χ1) is 8.13. The molecule has 0 radical (unpaired) electrons. The fourth-order valence-electron chi connectivity index (χ4n) is 2.16. The fraction of sp³-hybridized carbons (Fsp3) is 0.750. The molecule has 1 aliphatic rings. The molecule has 0 unspecified atom stereocenters. The minimum atomic E-state index is 0.712. The van der Waals surface area contributed by atoms with Gasteiger partial charge < -0.3 is 10.5 Å². The molecule has 0 saturated heterocycles. The topological polar surface area (TPSA) is 56.3 Å². The zero-order valence-electron chi connectivity index (χ0n) is 10.9. The number of nitrogen functional groups attached to an aromatic ring is 1. The average molecular weight is 238 g/mol. The maximum Gasteiger partial charge on any atom is 0.126 e. The van der Waals surface area contributed by atoms with Crippen LogP contribution in [0, 0.1) is 6.92 Å². The van der Waals surface area contributed by atoms with E-state index in [-0.39, 0.29) is 0 Å². The Morgan fingerprint density at radius 2 is 2.24 bits per heavy atom. The molecule has 1 aliphatic carbocycles. The van der Waals surface area contributed by atoms with E-state index in [1.54, 1.807) is 11.8 Å².